The van der Waals surface area contributed by atoms with Gasteiger partial charge < -0.3 is 10.3 Å². The van der Waals surface area contributed by atoms with Crippen LogP contribution < -0.4 is 5.32 Å². The van der Waals surface area contributed by atoms with E-state index in [0.717, 1.165) is 24.9 Å². The maximum absolute atomic E-state index is 3.72. The summed E-state index contributed by atoms with van der Waals surface area (Å²) in [5.41, 5.74) is 2.69. The number of hydrogen-bond donors (Lipinski definition) is 2. The van der Waals surface area contributed by atoms with Crippen molar-refractivity contribution in [1.29, 1.82) is 0 Å². The second-order valence-corrected chi connectivity index (χ2v) is 5.58. The fourth-order valence-corrected chi connectivity index (χ4v) is 3.18. The largest absolute Gasteiger partial charge is 0.361 e. The Labute approximate surface area is 109 Å². The highest BCUT2D eigenvalue weighted by molar-refractivity contribution is 5.83. The van der Waals surface area contributed by atoms with Gasteiger partial charge in [0.25, 0.3) is 0 Å². The van der Waals surface area contributed by atoms with Gasteiger partial charge in [-0.25, -0.2) is 0 Å². The first-order valence-electron chi connectivity index (χ1n) is 7.13. The average molecular weight is 242 g/mol. The highest BCUT2D eigenvalue weighted by Gasteiger charge is 2.22. The summed E-state index contributed by atoms with van der Waals surface area (Å²) < 4.78 is 0. The summed E-state index contributed by atoms with van der Waals surface area (Å²) in [7, 11) is 0. The number of benzene rings is 1. The number of H-pyrrole nitrogens is 1. The van der Waals surface area contributed by atoms with Gasteiger partial charge in [-0.05, 0) is 43.4 Å². The maximum Gasteiger partial charge on any atom is 0.0456 e. The van der Waals surface area contributed by atoms with Crippen LogP contribution >= 0.6 is 0 Å². The molecular weight excluding hydrogens is 220 g/mol. The fourth-order valence-electron chi connectivity index (χ4n) is 3.18. The van der Waals surface area contributed by atoms with Crippen LogP contribution in [0.15, 0.2) is 30.5 Å². The monoisotopic (exact) mass is 242 g/mol. The molecule has 18 heavy (non-hydrogen) atoms. The van der Waals surface area contributed by atoms with E-state index in [9.17, 15) is 0 Å². The highest BCUT2D eigenvalue weighted by atomic mass is 14.9. The zero-order chi connectivity index (χ0) is 12.4. The molecule has 1 saturated carbocycles. The molecule has 2 nitrogen and oxygen atoms in total. The van der Waals surface area contributed by atoms with Gasteiger partial charge in [-0.15, -0.1) is 0 Å². The predicted octanol–water partition coefficient (Wildman–Crippen LogP) is 3.49. The van der Waals surface area contributed by atoms with E-state index in [4.69, 9.17) is 0 Å². The number of fused-ring (bicyclic) bond motifs is 1. The Balaban J connectivity index is 1.60. The van der Waals surface area contributed by atoms with E-state index in [0.29, 0.717) is 0 Å². The SMILES string of the molecule is CC1CCCC1NCCc1c[nH]c2ccccc12. The van der Waals surface area contributed by atoms with Crippen molar-refractivity contribution in [1.82, 2.24) is 10.3 Å². The molecule has 0 bridgehead atoms. The van der Waals surface area contributed by atoms with Crippen LogP contribution in [0, 0.1) is 5.92 Å². The van der Waals surface area contributed by atoms with Gasteiger partial charge >= 0.3 is 0 Å². The van der Waals surface area contributed by atoms with Crippen molar-refractivity contribution < 1.29 is 0 Å². The molecule has 1 aromatic heterocycles. The van der Waals surface area contributed by atoms with Gasteiger partial charge in [-0.3, -0.25) is 0 Å². The summed E-state index contributed by atoms with van der Waals surface area (Å²) in [5, 5.41) is 5.09. The van der Waals surface area contributed by atoms with Crippen LogP contribution in [0.5, 0.6) is 0 Å². The van der Waals surface area contributed by atoms with E-state index in [-0.39, 0.29) is 0 Å². The molecule has 0 aliphatic heterocycles. The fraction of sp³-hybridized carbons (Fsp3) is 0.500. The van der Waals surface area contributed by atoms with Crippen molar-refractivity contribution in [3.8, 4) is 0 Å². The number of aromatic amines is 1. The molecule has 2 N–H and O–H groups in total. The Hall–Kier alpha value is -1.28. The van der Waals surface area contributed by atoms with Crippen molar-refractivity contribution in [2.45, 2.75) is 38.6 Å². The third kappa shape index (κ3) is 2.30. The molecule has 0 spiro atoms. The summed E-state index contributed by atoms with van der Waals surface area (Å²) in [5.74, 6) is 0.855. The minimum absolute atomic E-state index is 0.746. The van der Waals surface area contributed by atoms with E-state index >= 15 is 0 Å². The molecule has 1 fully saturated rings. The topological polar surface area (TPSA) is 27.8 Å². The molecule has 0 saturated heterocycles. The van der Waals surface area contributed by atoms with Gasteiger partial charge in [0, 0.05) is 23.1 Å². The third-order valence-electron chi connectivity index (χ3n) is 4.34. The Morgan fingerprint density at radius 3 is 3.00 bits per heavy atom. The van der Waals surface area contributed by atoms with Gasteiger partial charge in [-0.2, -0.15) is 0 Å². The van der Waals surface area contributed by atoms with E-state index < -0.39 is 0 Å². The molecule has 3 rings (SSSR count). The molecule has 2 aromatic rings. The van der Waals surface area contributed by atoms with Gasteiger partial charge in [-0.1, -0.05) is 31.5 Å². The summed E-state index contributed by atoms with van der Waals surface area (Å²) >= 11 is 0. The van der Waals surface area contributed by atoms with Crippen molar-refractivity contribution in [3.05, 3.63) is 36.0 Å². The summed E-state index contributed by atoms with van der Waals surface area (Å²) in [6.45, 7) is 3.47. The van der Waals surface area contributed by atoms with E-state index in [1.807, 2.05) is 0 Å². The molecule has 0 radical (unpaired) electrons. The van der Waals surface area contributed by atoms with Gasteiger partial charge in [0.2, 0.25) is 0 Å². The zero-order valence-corrected chi connectivity index (χ0v) is 11.1. The Bertz CT molecular complexity index is 515. The summed E-state index contributed by atoms with van der Waals surface area (Å²) in [4.78, 5) is 3.35. The van der Waals surface area contributed by atoms with Crippen LogP contribution in [0.3, 0.4) is 0 Å². The Kier molecular flexibility index (Phi) is 3.37. The Morgan fingerprint density at radius 1 is 1.28 bits per heavy atom. The average Bonchev–Trinajstić information content (AvgIpc) is 2.97. The van der Waals surface area contributed by atoms with E-state index in [1.54, 1.807) is 0 Å². The second kappa shape index (κ2) is 5.15. The van der Waals surface area contributed by atoms with Crippen LogP contribution in [0.4, 0.5) is 0 Å². The van der Waals surface area contributed by atoms with Crippen LogP contribution in [-0.4, -0.2) is 17.6 Å². The van der Waals surface area contributed by atoms with Gasteiger partial charge in [0.1, 0.15) is 0 Å². The van der Waals surface area contributed by atoms with Crippen LogP contribution in [-0.2, 0) is 6.42 Å². The molecule has 2 atom stereocenters. The molecule has 96 valence electrons. The molecule has 1 aromatic carbocycles. The lowest BCUT2D eigenvalue weighted by molar-refractivity contribution is 0.430. The summed E-state index contributed by atoms with van der Waals surface area (Å²) in [6.07, 6.45) is 7.42. The van der Waals surface area contributed by atoms with Crippen molar-refractivity contribution in [3.63, 3.8) is 0 Å². The quantitative estimate of drug-likeness (QED) is 0.844. The van der Waals surface area contributed by atoms with Crippen molar-refractivity contribution >= 4 is 10.9 Å². The lowest BCUT2D eigenvalue weighted by Gasteiger charge is -2.16. The Morgan fingerprint density at radius 2 is 2.17 bits per heavy atom. The van der Waals surface area contributed by atoms with Gasteiger partial charge in [0.05, 0.1) is 0 Å². The minimum Gasteiger partial charge on any atom is -0.361 e. The highest BCUT2D eigenvalue weighted by Crippen LogP contribution is 2.25. The first kappa shape index (κ1) is 11.8. The first-order chi connectivity index (χ1) is 8.84. The number of para-hydroxylation sites is 1. The molecular formula is C16H22N2. The number of hydrogen-bond acceptors (Lipinski definition) is 1. The molecule has 1 heterocycles. The normalized spacial score (nSPS) is 23.8. The standard InChI is InChI=1S/C16H22N2/c1-12-5-4-8-15(12)17-10-9-13-11-18-16-7-3-2-6-14(13)16/h2-3,6-7,11-12,15,17-18H,4-5,8-10H2,1H3. The third-order valence-corrected chi connectivity index (χ3v) is 4.34. The second-order valence-electron chi connectivity index (χ2n) is 5.58. The number of nitrogens with one attached hydrogen (secondary N) is 2. The lowest BCUT2D eigenvalue weighted by atomic mass is 10.1. The van der Waals surface area contributed by atoms with Crippen LogP contribution in [0.2, 0.25) is 0 Å². The lowest BCUT2D eigenvalue weighted by Crippen LogP contribution is -2.32. The predicted molar refractivity (Wildman–Crippen MR) is 76.8 cm³/mol. The molecule has 2 heteroatoms. The zero-order valence-electron chi connectivity index (χ0n) is 11.1. The molecule has 0 amide bonds. The summed E-state index contributed by atoms with van der Waals surface area (Å²) in [6, 6.07) is 9.30. The van der Waals surface area contributed by atoms with Crippen molar-refractivity contribution in [2.75, 3.05) is 6.54 Å². The number of aromatic nitrogens is 1. The van der Waals surface area contributed by atoms with E-state index in [2.05, 4.69) is 47.7 Å². The van der Waals surface area contributed by atoms with Crippen LogP contribution in [0.1, 0.15) is 31.7 Å². The smallest absolute Gasteiger partial charge is 0.0456 e. The maximum atomic E-state index is 3.72. The van der Waals surface area contributed by atoms with Crippen LogP contribution in [0.25, 0.3) is 10.9 Å². The molecule has 1 aliphatic carbocycles. The van der Waals surface area contributed by atoms with Crippen molar-refractivity contribution in [2.24, 2.45) is 5.92 Å². The molecule has 2 unspecified atom stereocenters. The minimum atomic E-state index is 0.746. The van der Waals surface area contributed by atoms with Gasteiger partial charge in [0.15, 0.2) is 0 Å². The molecule has 1 aliphatic rings. The van der Waals surface area contributed by atoms with E-state index in [1.165, 1.54) is 35.7 Å². The first-order valence-corrected chi connectivity index (χ1v) is 7.13. The number of rotatable bonds is 4.